The van der Waals surface area contributed by atoms with Gasteiger partial charge in [-0.15, -0.1) is 11.3 Å². The quantitative estimate of drug-likeness (QED) is 0.172. The van der Waals surface area contributed by atoms with Crippen molar-refractivity contribution in [1.82, 2.24) is 5.32 Å². The number of amides is 1. The van der Waals surface area contributed by atoms with E-state index in [-0.39, 0.29) is 40.9 Å². The van der Waals surface area contributed by atoms with E-state index in [1.807, 2.05) is 13.8 Å². The van der Waals surface area contributed by atoms with Crippen molar-refractivity contribution >= 4 is 35.0 Å². The van der Waals surface area contributed by atoms with Crippen LogP contribution in [0.25, 0.3) is 0 Å². The van der Waals surface area contributed by atoms with Crippen LogP contribution in [-0.4, -0.2) is 35.3 Å². The molecule has 0 aliphatic heterocycles. The predicted molar refractivity (Wildman–Crippen MR) is 118 cm³/mol. The van der Waals surface area contributed by atoms with Gasteiger partial charge in [0.15, 0.2) is 11.6 Å². The molecular weight excluding hydrogens is 437 g/mol. The molecule has 1 amide bonds. The smallest absolute Gasteiger partial charge is 0.353 e. The van der Waals surface area contributed by atoms with Crippen molar-refractivity contribution in [2.45, 2.75) is 39.5 Å². The number of carboxylic acids is 1. The number of nitrogens with one attached hydrogen (secondary N) is 1. The van der Waals surface area contributed by atoms with E-state index < -0.39 is 23.2 Å². The van der Waals surface area contributed by atoms with Gasteiger partial charge in [0.1, 0.15) is 4.88 Å². The summed E-state index contributed by atoms with van der Waals surface area (Å²) in [5.74, 6) is -2.99. The van der Waals surface area contributed by atoms with Crippen LogP contribution in [0, 0.1) is 11.2 Å². The Morgan fingerprint density at radius 3 is 2.47 bits per heavy atom. The van der Waals surface area contributed by atoms with E-state index in [1.165, 1.54) is 12.1 Å². The summed E-state index contributed by atoms with van der Waals surface area (Å²) in [6, 6.07) is 7.10. The fourth-order valence-corrected chi connectivity index (χ4v) is 4.23. The molecule has 0 radical (unpaired) electrons. The summed E-state index contributed by atoms with van der Waals surface area (Å²) < 4.78 is 19.3. The van der Waals surface area contributed by atoms with Gasteiger partial charge in [0, 0.05) is 11.4 Å². The van der Waals surface area contributed by atoms with E-state index >= 15 is 0 Å². The van der Waals surface area contributed by atoms with Crippen molar-refractivity contribution in [3.8, 4) is 5.75 Å². The van der Waals surface area contributed by atoms with Gasteiger partial charge in [0.25, 0.3) is 5.84 Å². The summed E-state index contributed by atoms with van der Waals surface area (Å²) >= 11 is 1.16. The maximum absolute atomic E-state index is 14.2. The highest BCUT2D eigenvalue weighted by atomic mass is 32.1. The molecule has 1 heterocycles. The van der Waals surface area contributed by atoms with E-state index in [4.69, 9.17) is 21.0 Å². The molecule has 0 bridgehead atoms. The zero-order valence-electron chi connectivity index (χ0n) is 17.9. The average Bonchev–Trinajstić information content (AvgIpc) is 3.21. The van der Waals surface area contributed by atoms with Crippen molar-refractivity contribution in [3.05, 3.63) is 51.5 Å². The molecule has 172 valence electrons. The fourth-order valence-electron chi connectivity index (χ4n) is 3.20. The molecule has 10 heteroatoms. The predicted octanol–water partition coefficient (Wildman–Crippen LogP) is 1.51. The van der Waals surface area contributed by atoms with Gasteiger partial charge >= 0.3 is 11.9 Å². The third kappa shape index (κ3) is 6.13. The van der Waals surface area contributed by atoms with Crippen LogP contribution >= 0.6 is 11.3 Å². The van der Waals surface area contributed by atoms with Crippen LogP contribution < -0.4 is 21.2 Å². The lowest BCUT2D eigenvalue weighted by Gasteiger charge is -2.29. The van der Waals surface area contributed by atoms with Crippen molar-refractivity contribution in [3.63, 3.8) is 0 Å². The van der Waals surface area contributed by atoms with Crippen LogP contribution in [0.3, 0.4) is 0 Å². The van der Waals surface area contributed by atoms with E-state index in [1.54, 1.807) is 12.1 Å². The van der Waals surface area contributed by atoms with Crippen LogP contribution in [0.1, 0.15) is 53.2 Å². The number of hydrogen-bond acceptors (Lipinski definition) is 5. The van der Waals surface area contributed by atoms with Crippen molar-refractivity contribution < 1.29 is 34.0 Å². The average molecular weight is 465 g/mol. The number of ether oxygens (including phenoxy) is 1. The molecule has 32 heavy (non-hydrogen) atoms. The number of thiophene rings is 1. The number of benzene rings is 1. The zero-order valence-corrected chi connectivity index (χ0v) is 18.8. The first-order valence-electron chi connectivity index (χ1n) is 10.1. The van der Waals surface area contributed by atoms with E-state index in [2.05, 4.69) is 5.32 Å². The molecule has 0 fully saturated rings. The summed E-state index contributed by atoms with van der Waals surface area (Å²) in [4.78, 5) is 37.0. The van der Waals surface area contributed by atoms with E-state index in [9.17, 15) is 18.8 Å². The highest BCUT2D eigenvalue weighted by molar-refractivity contribution is 7.14. The van der Waals surface area contributed by atoms with E-state index in [0.29, 0.717) is 19.3 Å². The molecule has 0 aliphatic rings. The van der Waals surface area contributed by atoms with E-state index in [0.717, 1.165) is 22.3 Å². The normalized spacial score (nSPS) is 11.1. The molecule has 0 saturated heterocycles. The molecule has 0 saturated carbocycles. The SMILES string of the molecule is CCC(CC)(Cc1ccc(C(=O)Oc2ccc(C(N)=[NH2+])cc2F)s1)C(=O)NCCC(=O)O. The molecule has 2 aromatic rings. The zero-order chi connectivity index (χ0) is 23.9. The van der Waals surface area contributed by atoms with Gasteiger partial charge in [-0.05, 0) is 49.6 Å². The molecule has 1 aromatic carbocycles. The van der Waals surface area contributed by atoms with Gasteiger partial charge in [-0.2, -0.15) is 0 Å². The number of halogens is 1. The Morgan fingerprint density at radius 2 is 1.91 bits per heavy atom. The molecule has 2 rings (SSSR count). The molecule has 6 N–H and O–H groups in total. The fraction of sp³-hybridized carbons (Fsp3) is 0.364. The topological polar surface area (TPSA) is 144 Å². The Morgan fingerprint density at radius 1 is 1.22 bits per heavy atom. The van der Waals surface area contributed by atoms with Gasteiger partial charge < -0.3 is 15.2 Å². The number of hydrogen-bond donors (Lipinski definition) is 4. The van der Waals surface area contributed by atoms with Gasteiger partial charge in [-0.1, -0.05) is 13.8 Å². The molecule has 0 spiro atoms. The summed E-state index contributed by atoms with van der Waals surface area (Å²) in [5.41, 5.74) is 4.99. The molecule has 8 nitrogen and oxygen atoms in total. The summed E-state index contributed by atoms with van der Waals surface area (Å²) in [6.45, 7) is 3.83. The first-order valence-corrected chi connectivity index (χ1v) is 10.9. The Labute approximate surface area is 189 Å². The first kappa shape index (κ1) is 25.0. The highest BCUT2D eigenvalue weighted by Crippen LogP contribution is 2.34. The largest absolute Gasteiger partial charge is 0.481 e. The van der Waals surface area contributed by atoms with Gasteiger partial charge in [-0.3, -0.25) is 20.7 Å². The van der Waals surface area contributed by atoms with Crippen molar-refractivity contribution in [1.29, 1.82) is 0 Å². The van der Waals surface area contributed by atoms with Crippen LogP contribution in [0.15, 0.2) is 30.3 Å². The minimum Gasteiger partial charge on any atom is -0.481 e. The Bertz CT molecular complexity index is 1020. The third-order valence-electron chi connectivity index (χ3n) is 5.30. The van der Waals surface area contributed by atoms with Gasteiger partial charge in [0.2, 0.25) is 5.91 Å². The van der Waals surface area contributed by atoms with Crippen LogP contribution in [-0.2, 0) is 16.0 Å². The van der Waals surface area contributed by atoms with Crippen molar-refractivity contribution in [2.75, 3.05) is 6.54 Å². The second kappa shape index (κ2) is 10.9. The summed E-state index contributed by atoms with van der Waals surface area (Å²) in [6.07, 6.45) is 1.31. The molecule has 0 aliphatic carbocycles. The lowest BCUT2D eigenvalue weighted by molar-refractivity contribution is -0.137. The lowest BCUT2D eigenvalue weighted by atomic mass is 9.78. The maximum atomic E-state index is 14.2. The lowest BCUT2D eigenvalue weighted by Crippen LogP contribution is -2.46. The summed E-state index contributed by atoms with van der Waals surface area (Å²) in [7, 11) is 0. The number of nitrogens with two attached hydrogens (primary N) is 2. The minimum atomic E-state index is -0.985. The second-order valence-electron chi connectivity index (χ2n) is 7.32. The van der Waals surface area contributed by atoms with Crippen molar-refractivity contribution in [2.24, 2.45) is 11.1 Å². The number of aliphatic carboxylic acids is 1. The highest BCUT2D eigenvalue weighted by Gasteiger charge is 2.35. The van der Waals surface area contributed by atoms with Gasteiger partial charge in [0.05, 0.1) is 17.4 Å². The van der Waals surface area contributed by atoms with Gasteiger partial charge in [-0.25, -0.2) is 9.18 Å². The van der Waals surface area contributed by atoms with Crippen LogP contribution in [0.2, 0.25) is 0 Å². The number of rotatable bonds is 11. The Balaban J connectivity index is 2.11. The number of carbonyl (C=O) groups is 3. The number of carbonyl (C=O) groups excluding carboxylic acids is 2. The molecular formula is C22H27FN3O5S+. The monoisotopic (exact) mass is 464 g/mol. The first-order chi connectivity index (χ1) is 15.1. The standard InChI is InChI=1S/C22H26FN3O5S/c1-3-22(4-2,21(30)26-10-9-18(27)28)12-14-6-8-17(32-14)20(29)31-16-7-5-13(19(24)25)11-15(16)23/h5-8,11H,3-4,9-10,12H2,1-2H3,(H3,24,25)(H,26,30)(H,27,28)/p+1. The second-order valence-corrected chi connectivity index (χ2v) is 8.49. The minimum absolute atomic E-state index is 0.0491. The molecule has 1 aromatic heterocycles. The summed E-state index contributed by atoms with van der Waals surface area (Å²) in [5, 5.41) is 16.9. The third-order valence-corrected chi connectivity index (χ3v) is 6.37. The molecule has 0 atom stereocenters. The van der Waals surface area contributed by atoms with Crippen LogP contribution in [0.4, 0.5) is 4.39 Å². The number of esters is 1. The number of carboxylic acid groups (broad SMARTS) is 1. The van der Waals surface area contributed by atoms with Crippen LogP contribution in [0.5, 0.6) is 5.75 Å². The maximum Gasteiger partial charge on any atom is 0.353 e. The Hall–Kier alpha value is -3.27. The Kier molecular flexibility index (Phi) is 8.48. The number of amidine groups is 1. The molecule has 0 unspecified atom stereocenters.